The van der Waals surface area contributed by atoms with Crippen LogP contribution in [0.4, 0.5) is 0 Å². The molecule has 2 aliphatic rings. The highest BCUT2D eigenvalue weighted by molar-refractivity contribution is 7.99. The summed E-state index contributed by atoms with van der Waals surface area (Å²) in [6, 6.07) is 0.911. The van der Waals surface area contributed by atoms with Crippen molar-refractivity contribution in [2.45, 2.75) is 62.8 Å². The SMILES string of the molecule is CSC1CCCC(NC(=O)[C@H]2CCN[C@@H](C)C2)C1.Cl. The molecule has 19 heavy (non-hydrogen) atoms. The van der Waals surface area contributed by atoms with E-state index in [0.717, 1.165) is 31.1 Å². The average molecular weight is 307 g/mol. The Morgan fingerprint density at radius 3 is 2.74 bits per heavy atom. The number of rotatable bonds is 3. The molecular weight excluding hydrogens is 280 g/mol. The third-order valence-corrected chi connectivity index (χ3v) is 5.40. The quantitative estimate of drug-likeness (QED) is 0.842. The minimum Gasteiger partial charge on any atom is -0.353 e. The summed E-state index contributed by atoms with van der Waals surface area (Å²) in [7, 11) is 0. The average Bonchev–Trinajstić information content (AvgIpc) is 2.39. The van der Waals surface area contributed by atoms with Crippen LogP contribution in [0.25, 0.3) is 0 Å². The van der Waals surface area contributed by atoms with Crippen molar-refractivity contribution in [2.75, 3.05) is 12.8 Å². The van der Waals surface area contributed by atoms with Crippen LogP contribution in [-0.4, -0.2) is 36.0 Å². The number of hydrogen-bond donors (Lipinski definition) is 2. The molecule has 4 atom stereocenters. The lowest BCUT2D eigenvalue weighted by molar-refractivity contribution is -0.127. The predicted octanol–water partition coefficient (Wildman–Crippen LogP) is 2.59. The number of carbonyl (C=O) groups is 1. The van der Waals surface area contributed by atoms with Gasteiger partial charge in [-0.2, -0.15) is 11.8 Å². The summed E-state index contributed by atoms with van der Waals surface area (Å²) in [5.74, 6) is 0.533. The zero-order valence-electron chi connectivity index (χ0n) is 12.0. The predicted molar refractivity (Wildman–Crippen MR) is 85.1 cm³/mol. The molecule has 0 aromatic carbocycles. The Morgan fingerprint density at radius 1 is 1.26 bits per heavy atom. The van der Waals surface area contributed by atoms with E-state index >= 15 is 0 Å². The summed E-state index contributed by atoms with van der Waals surface area (Å²) in [5, 5.41) is 7.44. The number of piperidine rings is 1. The van der Waals surface area contributed by atoms with Crippen LogP contribution in [0.1, 0.15) is 45.4 Å². The minimum atomic E-state index is 0. The van der Waals surface area contributed by atoms with Gasteiger partial charge in [0.15, 0.2) is 0 Å². The van der Waals surface area contributed by atoms with Gasteiger partial charge < -0.3 is 10.6 Å². The van der Waals surface area contributed by atoms with E-state index in [4.69, 9.17) is 0 Å². The van der Waals surface area contributed by atoms with Gasteiger partial charge in [0.05, 0.1) is 0 Å². The molecule has 112 valence electrons. The molecule has 1 amide bonds. The number of hydrogen-bond acceptors (Lipinski definition) is 3. The van der Waals surface area contributed by atoms with Crippen LogP contribution in [0.5, 0.6) is 0 Å². The highest BCUT2D eigenvalue weighted by atomic mass is 35.5. The maximum absolute atomic E-state index is 12.3. The molecule has 5 heteroatoms. The van der Waals surface area contributed by atoms with Gasteiger partial charge in [-0.3, -0.25) is 4.79 Å². The topological polar surface area (TPSA) is 41.1 Å². The summed E-state index contributed by atoms with van der Waals surface area (Å²) in [6.45, 7) is 3.15. The number of halogens is 1. The van der Waals surface area contributed by atoms with E-state index < -0.39 is 0 Å². The second-order valence-electron chi connectivity index (χ2n) is 5.81. The third-order valence-electron chi connectivity index (χ3n) is 4.30. The lowest BCUT2D eigenvalue weighted by Gasteiger charge is -2.32. The highest BCUT2D eigenvalue weighted by Gasteiger charge is 2.28. The smallest absolute Gasteiger partial charge is 0.223 e. The van der Waals surface area contributed by atoms with Crippen LogP contribution in [0.15, 0.2) is 0 Å². The van der Waals surface area contributed by atoms with Gasteiger partial charge in [0.2, 0.25) is 5.91 Å². The molecule has 0 aromatic rings. The van der Waals surface area contributed by atoms with Crippen molar-refractivity contribution in [3.63, 3.8) is 0 Å². The van der Waals surface area contributed by atoms with Gasteiger partial charge >= 0.3 is 0 Å². The van der Waals surface area contributed by atoms with E-state index in [1.807, 2.05) is 11.8 Å². The Hall–Kier alpha value is 0.0700. The van der Waals surface area contributed by atoms with Crippen molar-refractivity contribution in [1.29, 1.82) is 0 Å². The number of amides is 1. The van der Waals surface area contributed by atoms with Gasteiger partial charge in [0, 0.05) is 23.3 Å². The third kappa shape index (κ3) is 5.16. The van der Waals surface area contributed by atoms with Crippen LogP contribution in [-0.2, 0) is 4.79 Å². The lowest BCUT2D eigenvalue weighted by Crippen LogP contribution is -2.46. The molecule has 2 unspecified atom stereocenters. The van der Waals surface area contributed by atoms with Crippen molar-refractivity contribution in [3.05, 3.63) is 0 Å². The normalized spacial score (nSPS) is 35.3. The largest absolute Gasteiger partial charge is 0.353 e. The maximum atomic E-state index is 12.3. The molecule has 2 N–H and O–H groups in total. The molecule has 2 rings (SSSR count). The van der Waals surface area contributed by atoms with Crippen LogP contribution >= 0.6 is 24.2 Å². The summed E-state index contributed by atoms with van der Waals surface area (Å²) < 4.78 is 0. The molecule has 1 saturated heterocycles. The fourth-order valence-electron chi connectivity index (χ4n) is 3.18. The van der Waals surface area contributed by atoms with Crippen LogP contribution in [0.3, 0.4) is 0 Å². The van der Waals surface area contributed by atoms with Gasteiger partial charge in [-0.15, -0.1) is 12.4 Å². The molecular formula is C14H27ClN2OS. The molecule has 3 nitrogen and oxygen atoms in total. The fourth-order valence-corrected chi connectivity index (χ4v) is 4.01. The van der Waals surface area contributed by atoms with Crippen LogP contribution < -0.4 is 10.6 Å². The van der Waals surface area contributed by atoms with E-state index in [1.54, 1.807) is 0 Å². The Balaban J connectivity index is 0.00000180. The molecule has 1 saturated carbocycles. The zero-order valence-corrected chi connectivity index (χ0v) is 13.6. The Kier molecular flexibility index (Phi) is 7.55. The summed E-state index contributed by atoms with van der Waals surface area (Å²) in [5.41, 5.74) is 0. The Bertz CT molecular complexity index is 291. The first-order chi connectivity index (χ1) is 8.69. The van der Waals surface area contributed by atoms with Crippen LogP contribution in [0.2, 0.25) is 0 Å². The van der Waals surface area contributed by atoms with Gasteiger partial charge in [-0.05, 0) is 51.8 Å². The molecule has 0 spiro atoms. The first kappa shape index (κ1) is 17.1. The Morgan fingerprint density at radius 2 is 2.05 bits per heavy atom. The van der Waals surface area contributed by atoms with E-state index in [1.165, 1.54) is 19.3 Å². The van der Waals surface area contributed by atoms with Crippen molar-refractivity contribution >= 4 is 30.1 Å². The maximum Gasteiger partial charge on any atom is 0.223 e. The monoisotopic (exact) mass is 306 g/mol. The number of thioether (sulfide) groups is 1. The molecule has 1 aliphatic carbocycles. The van der Waals surface area contributed by atoms with Gasteiger partial charge in [-0.25, -0.2) is 0 Å². The van der Waals surface area contributed by atoms with Gasteiger partial charge in [0.25, 0.3) is 0 Å². The zero-order chi connectivity index (χ0) is 13.0. The molecule has 1 aliphatic heterocycles. The molecule has 1 heterocycles. The standard InChI is InChI=1S/C14H26N2OS.ClH/c1-10-8-11(6-7-15-10)14(17)16-12-4-3-5-13(9-12)18-2;/h10-13,15H,3-9H2,1-2H3,(H,16,17);1H/t10-,11-,12?,13?;/m0./s1. The summed E-state index contributed by atoms with van der Waals surface area (Å²) >= 11 is 1.95. The first-order valence-corrected chi connectivity index (χ1v) is 8.54. The molecule has 0 radical (unpaired) electrons. The van der Waals surface area contributed by atoms with Gasteiger partial charge in [0.1, 0.15) is 0 Å². The van der Waals surface area contributed by atoms with Crippen molar-refractivity contribution in [2.24, 2.45) is 5.92 Å². The van der Waals surface area contributed by atoms with E-state index in [9.17, 15) is 4.79 Å². The fraction of sp³-hybridized carbons (Fsp3) is 0.929. The lowest BCUT2D eigenvalue weighted by atomic mass is 9.90. The molecule has 0 aromatic heterocycles. The summed E-state index contributed by atoms with van der Waals surface area (Å²) in [6.07, 6.45) is 9.08. The second-order valence-corrected chi connectivity index (χ2v) is 6.94. The van der Waals surface area contributed by atoms with Crippen molar-refractivity contribution < 1.29 is 4.79 Å². The highest BCUT2D eigenvalue weighted by Crippen LogP contribution is 2.27. The number of carbonyl (C=O) groups excluding carboxylic acids is 1. The summed E-state index contributed by atoms with van der Waals surface area (Å²) in [4.78, 5) is 12.3. The minimum absolute atomic E-state index is 0. The van der Waals surface area contributed by atoms with E-state index in [2.05, 4.69) is 23.8 Å². The van der Waals surface area contributed by atoms with Gasteiger partial charge in [-0.1, -0.05) is 6.42 Å². The molecule has 0 bridgehead atoms. The first-order valence-electron chi connectivity index (χ1n) is 7.25. The van der Waals surface area contributed by atoms with Crippen molar-refractivity contribution in [1.82, 2.24) is 10.6 Å². The second kappa shape index (κ2) is 8.38. The van der Waals surface area contributed by atoms with Crippen LogP contribution in [0, 0.1) is 5.92 Å². The molecule has 2 fully saturated rings. The van der Waals surface area contributed by atoms with E-state index in [-0.39, 0.29) is 18.3 Å². The Labute approximate surface area is 127 Å². The van der Waals surface area contributed by atoms with Crippen molar-refractivity contribution in [3.8, 4) is 0 Å². The van der Waals surface area contributed by atoms with E-state index in [0.29, 0.717) is 18.0 Å². The number of nitrogens with one attached hydrogen (secondary N) is 2.